The van der Waals surface area contributed by atoms with Gasteiger partial charge in [0.15, 0.2) is 0 Å². The Morgan fingerprint density at radius 1 is 1.28 bits per heavy atom. The standard InChI is InChI=1S/C13H15F3O2/c1-2-3-10(8-12(17)18)9-4-6-11(7-5-9)13(14,15)16/h4-7,10H,2-3,8H2,1H3,(H,17,18). The molecule has 1 atom stereocenters. The number of hydrogen-bond acceptors (Lipinski definition) is 1. The molecule has 2 nitrogen and oxygen atoms in total. The van der Waals surface area contributed by atoms with E-state index in [4.69, 9.17) is 5.11 Å². The molecule has 100 valence electrons. The zero-order valence-corrected chi connectivity index (χ0v) is 10.00. The highest BCUT2D eigenvalue weighted by molar-refractivity contribution is 5.68. The van der Waals surface area contributed by atoms with Crippen molar-refractivity contribution in [1.82, 2.24) is 0 Å². The second kappa shape index (κ2) is 5.89. The number of alkyl halides is 3. The second-order valence-electron chi connectivity index (χ2n) is 4.20. The van der Waals surface area contributed by atoms with E-state index in [9.17, 15) is 18.0 Å². The molecule has 0 heterocycles. The molecular formula is C13H15F3O2. The van der Waals surface area contributed by atoms with E-state index < -0.39 is 17.7 Å². The van der Waals surface area contributed by atoms with Crippen LogP contribution in [0.4, 0.5) is 13.2 Å². The predicted molar refractivity (Wildman–Crippen MR) is 61.3 cm³/mol. The predicted octanol–water partition coefficient (Wildman–Crippen LogP) is 4.06. The first-order chi connectivity index (χ1) is 8.34. The number of rotatable bonds is 5. The van der Waals surface area contributed by atoms with Crippen molar-refractivity contribution in [3.63, 3.8) is 0 Å². The van der Waals surface area contributed by atoms with Gasteiger partial charge in [0.2, 0.25) is 0 Å². The van der Waals surface area contributed by atoms with Crippen molar-refractivity contribution in [2.45, 2.75) is 38.3 Å². The van der Waals surface area contributed by atoms with Gasteiger partial charge in [-0.05, 0) is 30.0 Å². The fourth-order valence-corrected chi connectivity index (χ4v) is 1.89. The summed E-state index contributed by atoms with van der Waals surface area (Å²) in [6.45, 7) is 1.92. The van der Waals surface area contributed by atoms with Crippen LogP contribution in [0, 0.1) is 0 Å². The number of carboxylic acid groups (broad SMARTS) is 1. The first kappa shape index (κ1) is 14.5. The molecule has 0 radical (unpaired) electrons. The third-order valence-corrected chi connectivity index (χ3v) is 2.77. The number of carboxylic acids is 1. The van der Waals surface area contributed by atoms with Crippen LogP contribution >= 0.6 is 0 Å². The van der Waals surface area contributed by atoms with Crippen molar-refractivity contribution in [2.75, 3.05) is 0 Å². The Morgan fingerprint density at radius 3 is 2.22 bits per heavy atom. The van der Waals surface area contributed by atoms with Crippen LogP contribution in [0.15, 0.2) is 24.3 Å². The van der Waals surface area contributed by atoms with E-state index in [2.05, 4.69) is 0 Å². The van der Waals surface area contributed by atoms with Gasteiger partial charge in [-0.2, -0.15) is 13.2 Å². The summed E-state index contributed by atoms with van der Waals surface area (Å²) in [6.07, 6.45) is -2.97. The first-order valence-electron chi connectivity index (χ1n) is 5.73. The molecular weight excluding hydrogens is 245 g/mol. The maximum absolute atomic E-state index is 12.4. The fraction of sp³-hybridized carbons (Fsp3) is 0.462. The Hall–Kier alpha value is -1.52. The van der Waals surface area contributed by atoms with Gasteiger partial charge in [0.05, 0.1) is 12.0 Å². The molecule has 5 heteroatoms. The lowest BCUT2D eigenvalue weighted by molar-refractivity contribution is -0.138. The van der Waals surface area contributed by atoms with Crippen LogP contribution in [0.2, 0.25) is 0 Å². The number of halogens is 3. The Bertz CT molecular complexity index is 396. The van der Waals surface area contributed by atoms with E-state index in [0.29, 0.717) is 12.0 Å². The molecule has 1 rings (SSSR count). The van der Waals surface area contributed by atoms with Crippen LogP contribution in [-0.4, -0.2) is 11.1 Å². The molecule has 0 fully saturated rings. The lowest BCUT2D eigenvalue weighted by Crippen LogP contribution is -2.08. The third kappa shape index (κ3) is 4.05. The number of carbonyl (C=O) groups is 1. The quantitative estimate of drug-likeness (QED) is 0.866. The Labute approximate surface area is 103 Å². The Kier molecular flexibility index (Phi) is 4.76. The van der Waals surface area contributed by atoms with Crippen molar-refractivity contribution < 1.29 is 23.1 Å². The second-order valence-corrected chi connectivity index (χ2v) is 4.20. The SMILES string of the molecule is CCCC(CC(=O)O)c1ccc(C(F)(F)F)cc1. The van der Waals surface area contributed by atoms with Gasteiger partial charge in [-0.1, -0.05) is 25.5 Å². The average Bonchev–Trinajstić information content (AvgIpc) is 2.27. The van der Waals surface area contributed by atoms with Crippen molar-refractivity contribution in [3.05, 3.63) is 35.4 Å². The minimum Gasteiger partial charge on any atom is -0.481 e. The summed E-state index contributed by atoms with van der Waals surface area (Å²) in [5, 5.41) is 8.78. The molecule has 1 aromatic rings. The molecule has 1 unspecified atom stereocenters. The van der Waals surface area contributed by atoms with E-state index in [0.717, 1.165) is 18.6 Å². The zero-order valence-electron chi connectivity index (χ0n) is 10.00. The van der Waals surface area contributed by atoms with Gasteiger partial charge >= 0.3 is 12.1 Å². The molecule has 0 aliphatic heterocycles. The van der Waals surface area contributed by atoms with Crippen LogP contribution in [0.25, 0.3) is 0 Å². The number of benzene rings is 1. The maximum atomic E-state index is 12.4. The van der Waals surface area contributed by atoms with Crippen LogP contribution < -0.4 is 0 Å². The smallest absolute Gasteiger partial charge is 0.416 e. The third-order valence-electron chi connectivity index (χ3n) is 2.77. The van der Waals surface area contributed by atoms with E-state index in [1.807, 2.05) is 6.92 Å². The highest BCUT2D eigenvalue weighted by Crippen LogP contribution is 2.31. The molecule has 0 aromatic heterocycles. The summed E-state index contributed by atoms with van der Waals surface area (Å²) in [4.78, 5) is 10.7. The van der Waals surface area contributed by atoms with Crippen LogP contribution in [0.3, 0.4) is 0 Å². The first-order valence-corrected chi connectivity index (χ1v) is 5.73. The monoisotopic (exact) mass is 260 g/mol. The molecule has 0 amide bonds. The molecule has 1 N–H and O–H groups in total. The van der Waals surface area contributed by atoms with E-state index >= 15 is 0 Å². The summed E-state index contributed by atoms with van der Waals surface area (Å²) < 4.78 is 37.2. The molecule has 0 bridgehead atoms. The largest absolute Gasteiger partial charge is 0.481 e. The van der Waals surface area contributed by atoms with Gasteiger partial charge in [-0.15, -0.1) is 0 Å². The zero-order chi connectivity index (χ0) is 13.8. The van der Waals surface area contributed by atoms with Gasteiger partial charge in [0.1, 0.15) is 0 Å². The van der Waals surface area contributed by atoms with Gasteiger partial charge in [-0.3, -0.25) is 4.79 Å². The van der Waals surface area contributed by atoms with E-state index in [1.54, 1.807) is 0 Å². The van der Waals surface area contributed by atoms with Gasteiger partial charge in [0.25, 0.3) is 0 Å². The number of hydrogen-bond donors (Lipinski definition) is 1. The summed E-state index contributed by atoms with van der Waals surface area (Å²) in [6, 6.07) is 4.73. The minimum absolute atomic E-state index is 0.0563. The van der Waals surface area contributed by atoms with E-state index in [1.165, 1.54) is 12.1 Å². The van der Waals surface area contributed by atoms with Gasteiger partial charge in [-0.25, -0.2) is 0 Å². The molecule has 1 aromatic carbocycles. The van der Waals surface area contributed by atoms with E-state index in [-0.39, 0.29) is 12.3 Å². The van der Waals surface area contributed by atoms with Crippen LogP contribution in [0.1, 0.15) is 43.2 Å². The van der Waals surface area contributed by atoms with Gasteiger partial charge < -0.3 is 5.11 Å². The average molecular weight is 260 g/mol. The molecule has 18 heavy (non-hydrogen) atoms. The van der Waals surface area contributed by atoms with Crippen LogP contribution in [-0.2, 0) is 11.0 Å². The fourth-order valence-electron chi connectivity index (χ4n) is 1.89. The summed E-state index contributed by atoms with van der Waals surface area (Å²) in [5.41, 5.74) is -0.0657. The van der Waals surface area contributed by atoms with Crippen molar-refractivity contribution in [2.24, 2.45) is 0 Å². The maximum Gasteiger partial charge on any atom is 0.416 e. The minimum atomic E-state index is -4.36. The molecule has 0 aliphatic carbocycles. The Morgan fingerprint density at radius 2 is 1.83 bits per heavy atom. The molecule has 0 saturated carbocycles. The molecule has 0 saturated heterocycles. The normalized spacial score (nSPS) is 13.3. The van der Waals surface area contributed by atoms with Crippen LogP contribution in [0.5, 0.6) is 0 Å². The lowest BCUT2D eigenvalue weighted by atomic mass is 9.91. The summed E-state index contributed by atoms with van der Waals surface area (Å²) in [5.74, 6) is -1.16. The highest BCUT2D eigenvalue weighted by atomic mass is 19.4. The topological polar surface area (TPSA) is 37.3 Å². The summed E-state index contributed by atoms with van der Waals surface area (Å²) >= 11 is 0. The molecule has 0 aliphatic rings. The summed E-state index contributed by atoms with van der Waals surface area (Å²) in [7, 11) is 0. The van der Waals surface area contributed by atoms with Crippen molar-refractivity contribution >= 4 is 5.97 Å². The van der Waals surface area contributed by atoms with Crippen molar-refractivity contribution in [3.8, 4) is 0 Å². The van der Waals surface area contributed by atoms with Crippen molar-refractivity contribution in [1.29, 1.82) is 0 Å². The number of aliphatic carboxylic acids is 1. The molecule has 0 spiro atoms. The Balaban J connectivity index is 2.90. The lowest BCUT2D eigenvalue weighted by Gasteiger charge is -2.15. The highest BCUT2D eigenvalue weighted by Gasteiger charge is 2.30. The van der Waals surface area contributed by atoms with Gasteiger partial charge in [0, 0.05) is 0 Å².